The number of halogens is 5. The molecule has 0 fully saturated rings. The van der Waals surface area contributed by atoms with Gasteiger partial charge in [0.1, 0.15) is 5.82 Å². The molecule has 3 N–H and O–H groups in total. The summed E-state index contributed by atoms with van der Waals surface area (Å²) in [6.45, 7) is 7.55. The van der Waals surface area contributed by atoms with E-state index in [-0.39, 0.29) is 45.8 Å². The van der Waals surface area contributed by atoms with E-state index in [1.165, 1.54) is 24.3 Å². The van der Waals surface area contributed by atoms with Crippen LogP contribution in [-0.2, 0) is 27.5 Å². The summed E-state index contributed by atoms with van der Waals surface area (Å²) in [5.74, 6) is -3.34. The minimum atomic E-state index is -4.60. The van der Waals surface area contributed by atoms with Gasteiger partial charge < -0.3 is 10.6 Å². The molecule has 1 atom stereocenters. The molecule has 1 unspecified atom stereocenters. The van der Waals surface area contributed by atoms with Gasteiger partial charge in [-0.2, -0.15) is 21.6 Å². The van der Waals surface area contributed by atoms with Crippen LogP contribution in [0.5, 0.6) is 0 Å². The zero-order chi connectivity index (χ0) is 37.7. The number of carbonyl (C=O) groups excluding carboxylic acids is 2. The Labute approximate surface area is 299 Å². The summed E-state index contributed by atoms with van der Waals surface area (Å²) >= 11 is 6.17. The maximum atomic E-state index is 15.5. The van der Waals surface area contributed by atoms with E-state index in [0.29, 0.717) is 16.7 Å². The number of anilines is 1. The molecule has 4 rings (SSSR count). The first kappa shape index (κ1) is 39.3. The number of benzene rings is 4. The Morgan fingerprint density at radius 2 is 1.57 bits per heavy atom. The SMILES string of the molecule is Cc1cc(NC(=O)C(Cc2ccc(C(=O)NCCS(=O)(=O)O)cc2)c2ccc(/C=C/C(C)(C)C)cc2)c(F)cc1-c1ccc(C(F)(F)F)cc1Cl. The van der Waals surface area contributed by atoms with Crippen molar-refractivity contribution in [2.75, 3.05) is 17.6 Å². The predicted octanol–water partition coefficient (Wildman–Crippen LogP) is 9.12. The van der Waals surface area contributed by atoms with Crippen molar-refractivity contribution in [1.29, 1.82) is 0 Å². The number of nitrogens with one attached hydrogen (secondary N) is 2. The molecule has 4 aromatic rings. The molecule has 0 aromatic heterocycles. The molecule has 270 valence electrons. The molecule has 0 spiro atoms. The van der Waals surface area contributed by atoms with E-state index in [0.717, 1.165) is 23.8 Å². The first-order valence-corrected chi connectivity index (χ1v) is 17.8. The van der Waals surface area contributed by atoms with Crippen LogP contribution in [-0.4, -0.2) is 37.1 Å². The molecule has 0 radical (unpaired) electrons. The Morgan fingerprint density at radius 3 is 2.14 bits per heavy atom. The summed E-state index contributed by atoms with van der Waals surface area (Å²) in [6, 6.07) is 19.0. The third-order valence-electron chi connectivity index (χ3n) is 7.89. The Morgan fingerprint density at radius 1 is 0.922 bits per heavy atom. The van der Waals surface area contributed by atoms with Gasteiger partial charge in [-0.1, -0.05) is 87.0 Å². The molecule has 7 nitrogen and oxygen atoms in total. The lowest BCUT2D eigenvalue weighted by atomic mass is 9.89. The van der Waals surface area contributed by atoms with E-state index in [4.69, 9.17) is 16.2 Å². The van der Waals surface area contributed by atoms with Gasteiger partial charge in [-0.25, -0.2) is 4.39 Å². The Balaban J connectivity index is 1.61. The smallest absolute Gasteiger partial charge is 0.351 e. The molecule has 0 saturated carbocycles. The molecule has 51 heavy (non-hydrogen) atoms. The summed E-state index contributed by atoms with van der Waals surface area (Å²) in [6.07, 6.45) is -0.408. The van der Waals surface area contributed by atoms with E-state index >= 15 is 4.39 Å². The van der Waals surface area contributed by atoms with Crippen molar-refractivity contribution < 1.29 is 40.1 Å². The number of hydrogen-bond acceptors (Lipinski definition) is 4. The van der Waals surface area contributed by atoms with Crippen LogP contribution in [0.4, 0.5) is 23.2 Å². The van der Waals surface area contributed by atoms with E-state index in [1.807, 2.05) is 18.2 Å². The van der Waals surface area contributed by atoms with Gasteiger partial charge >= 0.3 is 6.18 Å². The summed E-state index contributed by atoms with van der Waals surface area (Å²) < 4.78 is 85.8. The minimum Gasteiger partial charge on any atom is -0.351 e. The second-order valence-electron chi connectivity index (χ2n) is 13.2. The van der Waals surface area contributed by atoms with Gasteiger partial charge in [-0.15, -0.1) is 0 Å². The molecule has 0 saturated heterocycles. The van der Waals surface area contributed by atoms with Crippen molar-refractivity contribution in [3.63, 3.8) is 0 Å². The van der Waals surface area contributed by atoms with Crippen LogP contribution in [0.3, 0.4) is 0 Å². The fraction of sp³-hybridized carbons (Fsp3) is 0.263. The molecule has 0 aliphatic carbocycles. The number of amides is 2. The lowest BCUT2D eigenvalue weighted by molar-refractivity contribution is -0.137. The maximum Gasteiger partial charge on any atom is 0.416 e. The van der Waals surface area contributed by atoms with E-state index < -0.39 is 51.2 Å². The zero-order valence-corrected chi connectivity index (χ0v) is 29.8. The zero-order valence-electron chi connectivity index (χ0n) is 28.2. The standard InChI is InChI=1S/C38H37ClF4N2O5S/c1-23-19-34(33(40)22-30(23)29-14-13-28(21-32(29)39)38(41,42)43)45-36(47)31(26-9-5-24(6-10-26)15-16-37(2,3)4)20-25-7-11-27(12-8-25)35(46)44-17-18-51(48,49)50/h5-16,19,21-22,31H,17-18,20H2,1-4H3,(H,44,46)(H,45,47)(H,48,49,50)/b16-15+. The van der Waals surface area contributed by atoms with Gasteiger partial charge in [0.05, 0.1) is 22.9 Å². The summed E-state index contributed by atoms with van der Waals surface area (Å²) in [5, 5.41) is 4.88. The van der Waals surface area contributed by atoms with Crippen LogP contribution in [0.1, 0.15) is 64.9 Å². The third kappa shape index (κ3) is 11.2. The van der Waals surface area contributed by atoms with Crippen molar-refractivity contribution in [2.45, 2.75) is 46.2 Å². The molecule has 13 heteroatoms. The van der Waals surface area contributed by atoms with Gasteiger partial charge in [0.2, 0.25) is 5.91 Å². The number of hydrogen-bond donors (Lipinski definition) is 3. The average Bonchev–Trinajstić information content (AvgIpc) is 3.03. The Hall–Kier alpha value is -4.52. The van der Waals surface area contributed by atoms with Gasteiger partial charge in [0.25, 0.3) is 16.0 Å². The fourth-order valence-electron chi connectivity index (χ4n) is 5.17. The van der Waals surface area contributed by atoms with Crippen molar-refractivity contribution in [3.05, 3.63) is 129 Å². The number of alkyl halides is 3. The van der Waals surface area contributed by atoms with Gasteiger partial charge in [-0.05, 0) is 83.0 Å². The molecular formula is C38H37ClF4N2O5S. The largest absolute Gasteiger partial charge is 0.416 e. The third-order valence-corrected chi connectivity index (χ3v) is 8.92. The number of aryl methyl sites for hydroxylation is 1. The van der Waals surface area contributed by atoms with Crippen LogP contribution in [0.25, 0.3) is 17.2 Å². The van der Waals surface area contributed by atoms with E-state index in [9.17, 15) is 31.2 Å². The summed E-state index contributed by atoms with van der Waals surface area (Å²) in [5.41, 5.74) is 2.28. The molecule has 4 aromatic carbocycles. The van der Waals surface area contributed by atoms with Gasteiger partial charge in [-0.3, -0.25) is 14.1 Å². The molecule has 0 aliphatic rings. The van der Waals surface area contributed by atoms with Crippen molar-refractivity contribution in [1.82, 2.24) is 5.32 Å². The van der Waals surface area contributed by atoms with Crippen LogP contribution < -0.4 is 10.6 Å². The van der Waals surface area contributed by atoms with Crippen LogP contribution in [0, 0.1) is 18.2 Å². The highest BCUT2D eigenvalue weighted by Crippen LogP contribution is 2.38. The van der Waals surface area contributed by atoms with Crippen molar-refractivity contribution in [2.24, 2.45) is 5.41 Å². The topological polar surface area (TPSA) is 113 Å². The number of rotatable bonds is 11. The van der Waals surface area contributed by atoms with Gasteiger partial charge in [0.15, 0.2) is 0 Å². The quantitative estimate of drug-likeness (QED) is 0.105. The molecule has 2 amide bonds. The highest BCUT2D eigenvalue weighted by molar-refractivity contribution is 7.85. The maximum absolute atomic E-state index is 15.5. The molecular weight excluding hydrogens is 708 g/mol. The first-order chi connectivity index (χ1) is 23.7. The van der Waals surface area contributed by atoms with Crippen LogP contribution in [0.2, 0.25) is 5.02 Å². The minimum absolute atomic E-state index is 0.0453. The summed E-state index contributed by atoms with van der Waals surface area (Å²) in [7, 11) is -4.24. The lowest BCUT2D eigenvalue weighted by Gasteiger charge is -2.20. The van der Waals surface area contributed by atoms with Crippen LogP contribution in [0.15, 0.2) is 84.9 Å². The second kappa shape index (κ2) is 15.8. The van der Waals surface area contributed by atoms with E-state index in [2.05, 4.69) is 37.5 Å². The normalized spacial score (nSPS) is 12.9. The monoisotopic (exact) mass is 744 g/mol. The molecule has 0 aliphatic heterocycles. The number of carbonyl (C=O) groups is 2. The van der Waals surface area contributed by atoms with Crippen molar-refractivity contribution in [3.8, 4) is 11.1 Å². The highest BCUT2D eigenvalue weighted by atomic mass is 35.5. The lowest BCUT2D eigenvalue weighted by Crippen LogP contribution is -2.28. The second-order valence-corrected chi connectivity index (χ2v) is 15.2. The fourth-order valence-corrected chi connectivity index (χ4v) is 5.81. The van der Waals surface area contributed by atoms with Gasteiger partial charge in [0, 0.05) is 22.7 Å². The first-order valence-electron chi connectivity index (χ1n) is 15.8. The Kier molecular flexibility index (Phi) is 12.2. The average molecular weight is 745 g/mol. The summed E-state index contributed by atoms with van der Waals surface area (Å²) in [4.78, 5) is 26.3. The van der Waals surface area contributed by atoms with Crippen molar-refractivity contribution >= 4 is 45.3 Å². The molecule has 0 heterocycles. The van der Waals surface area contributed by atoms with E-state index in [1.54, 1.807) is 31.2 Å². The predicted molar refractivity (Wildman–Crippen MR) is 192 cm³/mol. The Bertz CT molecular complexity index is 2040. The van der Waals surface area contributed by atoms with Crippen LogP contribution >= 0.6 is 11.6 Å². The number of allylic oxidation sites excluding steroid dienone is 1. The highest BCUT2D eigenvalue weighted by Gasteiger charge is 2.31. The molecule has 0 bridgehead atoms.